The third-order valence-electron chi connectivity index (χ3n) is 5.46. The van der Waals surface area contributed by atoms with Crippen LogP contribution in [-0.2, 0) is 14.3 Å². The number of nitrogens with one attached hydrogen (secondary N) is 2. The number of carboxylic acid groups (broad SMARTS) is 1. The lowest BCUT2D eigenvalue weighted by molar-refractivity contribution is -0.160. The molecule has 10 heteroatoms. The summed E-state index contributed by atoms with van der Waals surface area (Å²) in [5.41, 5.74) is 3.74. The Morgan fingerprint density at radius 1 is 1.00 bits per heavy atom. The summed E-state index contributed by atoms with van der Waals surface area (Å²) in [7, 11) is 0. The molecule has 0 aliphatic heterocycles. The Hall–Kier alpha value is -3.56. The summed E-state index contributed by atoms with van der Waals surface area (Å²) in [6.07, 6.45) is -7.43. The van der Waals surface area contributed by atoms with Crippen LogP contribution in [0, 0.1) is 0 Å². The average molecular weight is 464 g/mol. The molecule has 2 atom stereocenters. The van der Waals surface area contributed by atoms with E-state index in [0.29, 0.717) is 0 Å². The minimum absolute atomic E-state index is 0.00242. The van der Waals surface area contributed by atoms with E-state index in [1.165, 1.54) is 6.92 Å². The van der Waals surface area contributed by atoms with Crippen LogP contribution in [0.3, 0.4) is 0 Å². The number of carbonyl (C=O) groups is 3. The summed E-state index contributed by atoms with van der Waals surface area (Å²) in [6, 6.07) is 11.2. The van der Waals surface area contributed by atoms with Gasteiger partial charge in [0.15, 0.2) is 0 Å². The highest BCUT2D eigenvalue weighted by atomic mass is 19.4. The highest BCUT2D eigenvalue weighted by Gasteiger charge is 2.43. The molecule has 1 aliphatic rings. The van der Waals surface area contributed by atoms with Gasteiger partial charge in [-0.15, -0.1) is 0 Å². The van der Waals surface area contributed by atoms with E-state index in [9.17, 15) is 27.6 Å². The molecule has 0 saturated heterocycles. The zero-order chi connectivity index (χ0) is 24.2. The van der Waals surface area contributed by atoms with Crippen molar-refractivity contribution in [1.82, 2.24) is 10.6 Å². The van der Waals surface area contributed by atoms with Gasteiger partial charge in [-0.05, 0) is 28.7 Å². The van der Waals surface area contributed by atoms with Crippen LogP contribution in [0.25, 0.3) is 11.1 Å². The number of hydrogen-bond donors (Lipinski definition) is 3. The first-order valence-corrected chi connectivity index (χ1v) is 10.3. The molecule has 0 heterocycles. The van der Waals surface area contributed by atoms with E-state index >= 15 is 0 Å². The van der Waals surface area contributed by atoms with Gasteiger partial charge in [-0.1, -0.05) is 55.5 Å². The lowest BCUT2D eigenvalue weighted by Crippen LogP contribution is -2.50. The molecule has 0 radical (unpaired) electrons. The van der Waals surface area contributed by atoms with Gasteiger partial charge in [0.25, 0.3) is 0 Å². The van der Waals surface area contributed by atoms with Crippen molar-refractivity contribution < 1.29 is 37.4 Å². The summed E-state index contributed by atoms with van der Waals surface area (Å²) < 4.78 is 45.3. The quantitative estimate of drug-likeness (QED) is 0.551. The molecule has 33 heavy (non-hydrogen) atoms. The molecule has 3 rings (SSSR count). The van der Waals surface area contributed by atoms with Crippen molar-refractivity contribution in [3.8, 4) is 11.1 Å². The maximum absolute atomic E-state index is 13.4. The molecule has 7 nitrogen and oxygen atoms in total. The van der Waals surface area contributed by atoms with Gasteiger partial charge < -0.3 is 20.5 Å². The second kappa shape index (κ2) is 9.93. The number of hydrogen-bond acceptors (Lipinski definition) is 4. The molecule has 2 unspecified atom stereocenters. The van der Waals surface area contributed by atoms with Crippen molar-refractivity contribution in [2.45, 2.75) is 43.9 Å². The molecular weight excluding hydrogens is 441 g/mol. The molecule has 2 aromatic rings. The van der Waals surface area contributed by atoms with E-state index in [2.05, 4.69) is 0 Å². The topological polar surface area (TPSA) is 105 Å². The lowest BCUT2D eigenvalue weighted by Gasteiger charge is -2.22. The van der Waals surface area contributed by atoms with Crippen LogP contribution in [0.2, 0.25) is 0 Å². The Labute approximate surface area is 187 Å². The summed E-state index contributed by atoms with van der Waals surface area (Å²) in [5.74, 6) is -2.85. The summed E-state index contributed by atoms with van der Waals surface area (Å²) in [6.45, 7) is 1.28. The molecule has 0 fully saturated rings. The number of rotatable bonds is 8. The van der Waals surface area contributed by atoms with Crippen LogP contribution in [0.5, 0.6) is 0 Å². The number of halogens is 3. The maximum atomic E-state index is 13.4. The number of ether oxygens (including phenoxy) is 1. The van der Waals surface area contributed by atoms with Crippen molar-refractivity contribution in [3.05, 3.63) is 59.7 Å². The molecule has 0 spiro atoms. The number of alkyl carbamates (subject to hydrolysis) is 1. The Kier molecular flexibility index (Phi) is 7.25. The van der Waals surface area contributed by atoms with E-state index in [1.807, 2.05) is 53.8 Å². The fourth-order valence-electron chi connectivity index (χ4n) is 3.81. The van der Waals surface area contributed by atoms with Crippen LogP contribution >= 0.6 is 0 Å². The fourth-order valence-corrected chi connectivity index (χ4v) is 3.81. The molecule has 1 aliphatic carbocycles. The number of benzene rings is 2. The minimum Gasteiger partial charge on any atom is -0.480 e. The summed E-state index contributed by atoms with van der Waals surface area (Å²) >= 11 is 0. The van der Waals surface area contributed by atoms with E-state index in [1.54, 1.807) is 5.32 Å². The van der Waals surface area contributed by atoms with Crippen LogP contribution in [0.4, 0.5) is 18.0 Å². The van der Waals surface area contributed by atoms with Crippen LogP contribution < -0.4 is 10.6 Å². The molecule has 2 amide bonds. The van der Waals surface area contributed by atoms with Crippen molar-refractivity contribution in [1.29, 1.82) is 0 Å². The van der Waals surface area contributed by atoms with E-state index in [0.717, 1.165) is 22.3 Å². The van der Waals surface area contributed by atoms with Gasteiger partial charge >= 0.3 is 18.2 Å². The number of amides is 2. The normalized spacial score (nSPS) is 14.5. The van der Waals surface area contributed by atoms with Crippen LogP contribution in [0.1, 0.15) is 36.8 Å². The Bertz CT molecular complexity index is 995. The highest BCUT2D eigenvalue weighted by molar-refractivity contribution is 5.84. The zero-order valence-corrected chi connectivity index (χ0v) is 17.7. The Morgan fingerprint density at radius 3 is 2.03 bits per heavy atom. The van der Waals surface area contributed by atoms with Gasteiger partial charge in [0.05, 0.1) is 6.42 Å². The molecule has 0 aromatic heterocycles. The largest absolute Gasteiger partial charge is 0.480 e. The van der Waals surface area contributed by atoms with Crippen molar-refractivity contribution >= 4 is 18.0 Å². The first-order chi connectivity index (χ1) is 15.6. The molecule has 176 valence electrons. The van der Waals surface area contributed by atoms with Crippen LogP contribution in [0.15, 0.2) is 48.5 Å². The molecule has 0 saturated carbocycles. The third kappa shape index (κ3) is 5.63. The average Bonchev–Trinajstić information content (AvgIpc) is 3.08. The second-order valence-electron chi connectivity index (χ2n) is 7.63. The van der Waals surface area contributed by atoms with Gasteiger partial charge in [0, 0.05) is 5.92 Å². The lowest BCUT2D eigenvalue weighted by atomic mass is 9.98. The first kappa shape index (κ1) is 24.1. The number of aliphatic carboxylic acids is 1. The number of fused-ring (bicyclic) bond motifs is 3. The fraction of sp³-hybridized carbons (Fsp3) is 0.348. The summed E-state index contributed by atoms with van der Waals surface area (Å²) in [4.78, 5) is 35.1. The standard InChI is InChI=1S/C23H23F3N2O5/c1-2-18(21(30)31)27-20(29)11-19(23(24,25)26)28-22(32)33-12-17-15-9-5-3-7-13(15)14-8-4-6-10-16(14)17/h3-10,17-19H,2,11-12H2,1H3,(H,27,29)(H,28,32)(H,30,31). The van der Waals surface area contributed by atoms with Crippen molar-refractivity contribution in [2.24, 2.45) is 0 Å². The van der Waals surface area contributed by atoms with Crippen LogP contribution in [-0.4, -0.2) is 47.9 Å². The van der Waals surface area contributed by atoms with Gasteiger partial charge in [-0.25, -0.2) is 9.59 Å². The van der Waals surface area contributed by atoms with E-state index in [-0.39, 0.29) is 18.9 Å². The molecule has 0 bridgehead atoms. The SMILES string of the molecule is CCC(NC(=O)CC(NC(=O)OCC1c2ccccc2-c2ccccc21)C(F)(F)F)C(=O)O. The second-order valence-corrected chi connectivity index (χ2v) is 7.63. The molecule has 2 aromatic carbocycles. The van der Waals surface area contributed by atoms with E-state index < -0.39 is 42.7 Å². The van der Waals surface area contributed by atoms with Crippen molar-refractivity contribution in [3.63, 3.8) is 0 Å². The van der Waals surface area contributed by atoms with Gasteiger partial charge in [-0.3, -0.25) is 4.79 Å². The highest BCUT2D eigenvalue weighted by Crippen LogP contribution is 2.44. The third-order valence-corrected chi connectivity index (χ3v) is 5.46. The predicted molar refractivity (Wildman–Crippen MR) is 113 cm³/mol. The van der Waals surface area contributed by atoms with Gasteiger partial charge in [-0.2, -0.15) is 13.2 Å². The zero-order valence-electron chi connectivity index (χ0n) is 17.7. The minimum atomic E-state index is -4.94. The smallest absolute Gasteiger partial charge is 0.409 e. The van der Waals surface area contributed by atoms with E-state index in [4.69, 9.17) is 9.84 Å². The number of carboxylic acids is 1. The first-order valence-electron chi connectivity index (χ1n) is 10.3. The Morgan fingerprint density at radius 2 is 1.55 bits per heavy atom. The summed E-state index contributed by atoms with van der Waals surface area (Å²) in [5, 5.41) is 12.6. The van der Waals surface area contributed by atoms with Crippen molar-refractivity contribution in [2.75, 3.05) is 6.61 Å². The maximum Gasteiger partial charge on any atom is 0.409 e. The number of alkyl halides is 3. The monoisotopic (exact) mass is 464 g/mol. The Balaban J connectivity index is 1.65. The molecule has 3 N–H and O–H groups in total. The number of carbonyl (C=O) groups excluding carboxylic acids is 2. The van der Waals surface area contributed by atoms with Gasteiger partial charge in [0.2, 0.25) is 5.91 Å². The molecular formula is C23H23F3N2O5. The van der Waals surface area contributed by atoms with Gasteiger partial charge in [0.1, 0.15) is 18.7 Å². The predicted octanol–water partition coefficient (Wildman–Crippen LogP) is 3.83.